The van der Waals surface area contributed by atoms with Crippen LogP contribution in [0.5, 0.6) is 0 Å². The number of carbonyl (C=O) groups excluding carboxylic acids is 1. The lowest BCUT2D eigenvalue weighted by molar-refractivity contribution is -0.135. The number of fused-ring (bicyclic) bond motifs is 1. The first-order valence-corrected chi connectivity index (χ1v) is 8.65. The van der Waals surface area contributed by atoms with E-state index in [1.165, 1.54) is 6.42 Å². The maximum atomic E-state index is 12.8. The summed E-state index contributed by atoms with van der Waals surface area (Å²) in [6.45, 7) is 2.58. The van der Waals surface area contributed by atoms with Gasteiger partial charge in [0.05, 0.1) is 6.04 Å². The number of pyridine rings is 1. The molecule has 4 heterocycles. The highest BCUT2D eigenvalue weighted by Gasteiger charge is 2.31. The van der Waals surface area contributed by atoms with Crippen LogP contribution in [-0.4, -0.2) is 51.1 Å². The summed E-state index contributed by atoms with van der Waals surface area (Å²) in [5.74, 6) is 1.52. The second kappa shape index (κ2) is 8.83. The van der Waals surface area contributed by atoms with Gasteiger partial charge in [0, 0.05) is 25.2 Å². The van der Waals surface area contributed by atoms with Gasteiger partial charge in [-0.15, -0.1) is 35.0 Å². The highest BCUT2D eigenvalue weighted by molar-refractivity contribution is 5.85. The normalized spacial score (nSPS) is 23.6. The van der Waals surface area contributed by atoms with Gasteiger partial charge in [-0.25, -0.2) is 0 Å². The molecule has 2 saturated heterocycles. The number of piperidine rings is 2. The first kappa shape index (κ1) is 19.9. The molecule has 1 unspecified atom stereocenters. The zero-order valence-corrected chi connectivity index (χ0v) is 15.8. The first-order chi connectivity index (χ1) is 11.3. The summed E-state index contributed by atoms with van der Waals surface area (Å²) in [5.41, 5.74) is 0.875. The van der Waals surface area contributed by atoms with E-state index in [-0.39, 0.29) is 42.7 Å². The molecule has 1 amide bonds. The fourth-order valence-corrected chi connectivity index (χ4v) is 3.81. The van der Waals surface area contributed by atoms with Gasteiger partial charge in [-0.1, -0.05) is 12.5 Å². The predicted octanol–water partition coefficient (Wildman–Crippen LogP) is 2.42. The van der Waals surface area contributed by atoms with Crippen molar-refractivity contribution in [1.82, 2.24) is 24.8 Å². The summed E-state index contributed by atoms with van der Waals surface area (Å²) in [7, 11) is 0. The molecule has 0 spiro atoms. The third kappa shape index (κ3) is 4.07. The molecule has 2 fully saturated rings. The van der Waals surface area contributed by atoms with Gasteiger partial charge in [0.15, 0.2) is 5.65 Å². The van der Waals surface area contributed by atoms with Gasteiger partial charge in [0.2, 0.25) is 5.91 Å². The van der Waals surface area contributed by atoms with Gasteiger partial charge in [-0.3, -0.25) is 9.20 Å². The van der Waals surface area contributed by atoms with E-state index in [2.05, 4.69) is 19.9 Å². The molecule has 25 heavy (non-hydrogen) atoms. The van der Waals surface area contributed by atoms with E-state index in [0.717, 1.165) is 56.8 Å². The first-order valence-electron chi connectivity index (χ1n) is 8.65. The van der Waals surface area contributed by atoms with E-state index >= 15 is 0 Å². The maximum Gasteiger partial charge on any atom is 0.239 e. The molecule has 0 aliphatic carbocycles. The molecule has 4 rings (SSSR count). The van der Waals surface area contributed by atoms with Crippen LogP contribution < -0.4 is 5.32 Å². The number of hydrogen-bond acceptors (Lipinski definition) is 4. The molecule has 2 aliphatic heterocycles. The number of nitrogens with one attached hydrogen (secondary N) is 1. The quantitative estimate of drug-likeness (QED) is 0.861. The Morgan fingerprint density at radius 1 is 1.12 bits per heavy atom. The van der Waals surface area contributed by atoms with Crippen molar-refractivity contribution in [2.24, 2.45) is 0 Å². The second-order valence-electron chi connectivity index (χ2n) is 6.61. The molecule has 0 saturated carbocycles. The molecule has 2 aromatic rings. The highest BCUT2D eigenvalue weighted by Crippen LogP contribution is 2.27. The lowest BCUT2D eigenvalue weighted by Gasteiger charge is -2.35. The van der Waals surface area contributed by atoms with E-state index in [4.69, 9.17) is 0 Å². The Labute approximate surface area is 160 Å². The van der Waals surface area contributed by atoms with Crippen LogP contribution in [0.3, 0.4) is 0 Å². The minimum absolute atomic E-state index is 0. The zero-order chi connectivity index (χ0) is 15.6. The van der Waals surface area contributed by atoms with Crippen LogP contribution in [0.1, 0.15) is 43.8 Å². The molecule has 0 bridgehead atoms. The largest absolute Gasteiger partial charge is 0.341 e. The van der Waals surface area contributed by atoms with Gasteiger partial charge in [0.25, 0.3) is 0 Å². The Bertz CT molecular complexity index is 701. The van der Waals surface area contributed by atoms with E-state index in [0.29, 0.717) is 0 Å². The summed E-state index contributed by atoms with van der Waals surface area (Å²) in [5, 5.41) is 12.0. The average molecular weight is 386 g/mol. The number of rotatable bonds is 2. The number of nitrogens with zero attached hydrogens (tertiary/aromatic N) is 4. The SMILES string of the molecule is Cl.Cl.O=C([C@H]1CCCCN1)N1CCCC(c2nnc3ccccn23)C1. The van der Waals surface area contributed by atoms with Crippen LogP contribution in [0.25, 0.3) is 5.65 Å². The average Bonchev–Trinajstić information content (AvgIpc) is 3.06. The molecule has 8 heteroatoms. The maximum absolute atomic E-state index is 12.8. The molecule has 2 atom stereocenters. The number of aromatic nitrogens is 3. The molecule has 2 aliphatic rings. The Balaban J connectivity index is 0.00000113. The Hall–Kier alpha value is -1.37. The lowest BCUT2D eigenvalue weighted by atomic mass is 9.95. The second-order valence-corrected chi connectivity index (χ2v) is 6.61. The van der Waals surface area contributed by atoms with Crippen LogP contribution in [-0.2, 0) is 4.79 Å². The van der Waals surface area contributed by atoms with Crippen LogP contribution in [0.4, 0.5) is 0 Å². The zero-order valence-electron chi connectivity index (χ0n) is 14.1. The molecule has 0 radical (unpaired) electrons. The Kier molecular flexibility index (Phi) is 7.04. The standard InChI is InChI=1S/C17H23N5O.2ClH/c23-17(14-7-1-3-9-18-14)21-10-5-6-13(12-21)16-20-19-15-8-2-4-11-22(15)16;;/h2,4,8,11,13-14,18H,1,3,5-7,9-10,12H2;2*1H/t13?,14-;;/m1../s1. The van der Waals surface area contributed by atoms with Gasteiger partial charge < -0.3 is 10.2 Å². The van der Waals surface area contributed by atoms with Crippen molar-refractivity contribution in [2.45, 2.75) is 44.1 Å². The smallest absolute Gasteiger partial charge is 0.239 e. The number of hydrogen-bond donors (Lipinski definition) is 1. The van der Waals surface area contributed by atoms with E-state index in [1.54, 1.807) is 0 Å². The lowest BCUT2D eigenvalue weighted by Crippen LogP contribution is -2.51. The summed E-state index contributed by atoms with van der Waals surface area (Å²) >= 11 is 0. The Morgan fingerprint density at radius 2 is 2.00 bits per heavy atom. The third-order valence-electron chi connectivity index (χ3n) is 5.05. The number of halogens is 2. The third-order valence-corrected chi connectivity index (χ3v) is 5.05. The van der Waals surface area contributed by atoms with Gasteiger partial charge in [-0.2, -0.15) is 0 Å². The fourth-order valence-electron chi connectivity index (χ4n) is 3.81. The molecule has 1 N–H and O–H groups in total. The summed E-state index contributed by atoms with van der Waals surface area (Å²) in [4.78, 5) is 14.8. The van der Waals surface area contributed by atoms with Crippen molar-refractivity contribution in [3.63, 3.8) is 0 Å². The molecule has 2 aromatic heterocycles. The van der Waals surface area contributed by atoms with Gasteiger partial charge in [0.1, 0.15) is 5.82 Å². The molecular formula is C17H25Cl2N5O. The van der Waals surface area contributed by atoms with E-state index < -0.39 is 0 Å². The van der Waals surface area contributed by atoms with E-state index in [1.807, 2.05) is 29.3 Å². The topological polar surface area (TPSA) is 62.5 Å². The van der Waals surface area contributed by atoms with Crippen LogP contribution >= 0.6 is 24.8 Å². The highest BCUT2D eigenvalue weighted by atomic mass is 35.5. The van der Waals surface area contributed by atoms with Gasteiger partial charge >= 0.3 is 0 Å². The van der Waals surface area contributed by atoms with Crippen LogP contribution in [0, 0.1) is 0 Å². The van der Waals surface area contributed by atoms with Crippen molar-refractivity contribution in [2.75, 3.05) is 19.6 Å². The van der Waals surface area contributed by atoms with Crippen molar-refractivity contribution < 1.29 is 4.79 Å². The van der Waals surface area contributed by atoms with Crippen LogP contribution in [0.2, 0.25) is 0 Å². The van der Waals surface area contributed by atoms with Crippen molar-refractivity contribution in [3.05, 3.63) is 30.2 Å². The van der Waals surface area contributed by atoms with Crippen molar-refractivity contribution in [1.29, 1.82) is 0 Å². The van der Waals surface area contributed by atoms with Crippen molar-refractivity contribution in [3.8, 4) is 0 Å². The fraction of sp³-hybridized carbons (Fsp3) is 0.588. The van der Waals surface area contributed by atoms with Gasteiger partial charge in [-0.05, 0) is 44.4 Å². The molecule has 138 valence electrons. The summed E-state index contributed by atoms with van der Waals surface area (Å²) in [6, 6.07) is 5.95. The Morgan fingerprint density at radius 3 is 2.80 bits per heavy atom. The minimum atomic E-state index is 0. The summed E-state index contributed by atoms with van der Waals surface area (Å²) < 4.78 is 2.05. The van der Waals surface area contributed by atoms with Crippen molar-refractivity contribution >= 4 is 36.4 Å². The molecule has 0 aromatic carbocycles. The van der Waals surface area contributed by atoms with E-state index in [9.17, 15) is 4.79 Å². The van der Waals surface area contributed by atoms with Crippen LogP contribution in [0.15, 0.2) is 24.4 Å². The minimum Gasteiger partial charge on any atom is -0.341 e. The summed E-state index contributed by atoms with van der Waals surface area (Å²) in [6.07, 6.45) is 7.40. The molecule has 6 nitrogen and oxygen atoms in total. The number of amides is 1. The predicted molar refractivity (Wildman–Crippen MR) is 102 cm³/mol. The number of carbonyl (C=O) groups is 1. The molecular weight excluding hydrogens is 361 g/mol. The number of likely N-dealkylation sites (tertiary alicyclic amines) is 1. The monoisotopic (exact) mass is 385 g/mol.